The van der Waals surface area contributed by atoms with Crippen LogP contribution in [0.3, 0.4) is 0 Å². The van der Waals surface area contributed by atoms with E-state index in [1.807, 2.05) is 42.5 Å². The molecule has 166 valence electrons. The minimum Gasteiger partial charge on any atom is -0.488 e. The fourth-order valence-electron chi connectivity index (χ4n) is 2.84. The molecule has 1 heterocycles. The Kier molecular flexibility index (Phi) is 7.28. The first-order valence-electron chi connectivity index (χ1n) is 9.84. The van der Waals surface area contributed by atoms with E-state index < -0.39 is 4.92 Å². The second-order valence-corrected chi connectivity index (χ2v) is 9.03. The lowest BCUT2D eigenvalue weighted by atomic mass is 10.2. The number of nitro groups is 1. The van der Waals surface area contributed by atoms with Crippen molar-refractivity contribution in [3.05, 3.63) is 94.0 Å². The first-order chi connectivity index (χ1) is 16.1. The van der Waals surface area contributed by atoms with Gasteiger partial charge in [0.05, 0.1) is 27.1 Å². The van der Waals surface area contributed by atoms with Gasteiger partial charge < -0.3 is 4.74 Å². The van der Waals surface area contributed by atoms with E-state index in [-0.39, 0.29) is 24.0 Å². The van der Waals surface area contributed by atoms with Crippen molar-refractivity contribution in [2.24, 2.45) is 5.10 Å². The van der Waals surface area contributed by atoms with Gasteiger partial charge in [-0.1, -0.05) is 36.0 Å². The second kappa shape index (κ2) is 10.7. The third-order valence-corrected chi connectivity index (χ3v) is 6.63. The summed E-state index contributed by atoms with van der Waals surface area (Å²) in [7, 11) is 0. The van der Waals surface area contributed by atoms with Crippen LogP contribution >= 0.6 is 23.1 Å². The maximum Gasteiger partial charge on any atom is 0.269 e. The van der Waals surface area contributed by atoms with E-state index in [1.165, 1.54) is 30.1 Å². The summed E-state index contributed by atoms with van der Waals surface area (Å²) < 4.78 is 7.75. The molecule has 10 heteroatoms. The zero-order valence-electron chi connectivity index (χ0n) is 17.2. The van der Waals surface area contributed by atoms with Gasteiger partial charge in [0, 0.05) is 17.7 Å². The lowest BCUT2D eigenvalue weighted by Gasteiger charge is -2.09. The number of nitrogens with one attached hydrogen (secondary N) is 1. The van der Waals surface area contributed by atoms with E-state index in [0.717, 1.165) is 20.1 Å². The van der Waals surface area contributed by atoms with Crippen LogP contribution in [0.4, 0.5) is 5.69 Å². The molecule has 0 radical (unpaired) electrons. The molecule has 0 saturated heterocycles. The number of ether oxygens (including phenoxy) is 1. The fourth-order valence-corrected chi connectivity index (χ4v) is 4.70. The van der Waals surface area contributed by atoms with Crippen molar-refractivity contribution in [3.63, 3.8) is 0 Å². The summed E-state index contributed by atoms with van der Waals surface area (Å²) in [5.74, 6) is 0.549. The van der Waals surface area contributed by atoms with Gasteiger partial charge in [-0.2, -0.15) is 5.10 Å². The molecule has 1 amide bonds. The number of para-hydroxylation sites is 2. The number of hydrogen-bond donors (Lipinski definition) is 1. The van der Waals surface area contributed by atoms with Gasteiger partial charge in [-0.05, 0) is 42.0 Å². The summed E-state index contributed by atoms with van der Waals surface area (Å²) in [6, 6.07) is 21.3. The first kappa shape index (κ1) is 22.4. The Morgan fingerprint density at radius 3 is 2.67 bits per heavy atom. The van der Waals surface area contributed by atoms with E-state index in [9.17, 15) is 14.9 Å². The van der Waals surface area contributed by atoms with Crippen LogP contribution < -0.4 is 10.2 Å². The largest absolute Gasteiger partial charge is 0.488 e. The zero-order chi connectivity index (χ0) is 23.0. The SMILES string of the molecule is O=C(CSc1nc2ccccc2s1)NN=Cc1ccccc1OCc1ccc([N+](=O)[O-])cc1. The third-order valence-electron chi connectivity index (χ3n) is 4.45. The van der Waals surface area contributed by atoms with Gasteiger partial charge in [-0.3, -0.25) is 14.9 Å². The topological polar surface area (TPSA) is 107 Å². The lowest BCUT2D eigenvalue weighted by Crippen LogP contribution is -2.19. The third kappa shape index (κ3) is 6.15. The Hall–Kier alpha value is -3.76. The number of non-ortho nitro benzene ring substituents is 1. The normalized spacial score (nSPS) is 11.0. The Morgan fingerprint density at radius 2 is 1.88 bits per heavy atom. The maximum absolute atomic E-state index is 12.1. The fraction of sp³-hybridized carbons (Fsp3) is 0.0870. The zero-order valence-corrected chi connectivity index (χ0v) is 18.8. The number of thioether (sulfide) groups is 1. The minimum atomic E-state index is -0.442. The van der Waals surface area contributed by atoms with E-state index >= 15 is 0 Å². The molecule has 0 saturated carbocycles. The number of carbonyl (C=O) groups excluding carboxylic acids is 1. The van der Waals surface area contributed by atoms with Crippen molar-refractivity contribution in [3.8, 4) is 5.75 Å². The highest BCUT2D eigenvalue weighted by Crippen LogP contribution is 2.29. The van der Waals surface area contributed by atoms with Crippen LogP contribution in [0.5, 0.6) is 5.75 Å². The molecule has 0 fully saturated rings. The van der Waals surface area contributed by atoms with Crippen molar-refractivity contribution < 1.29 is 14.5 Å². The molecule has 1 N–H and O–H groups in total. The van der Waals surface area contributed by atoms with Crippen molar-refractivity contribution in [2.75, 3.05) is 5.75 Å². The van der Waals surface area contributed by atoms with Gasteiger partial charge in [0.25, 0.3) is 11.6 Å². The van der Waals surface area contributed by atoms with E-state index in [4.69, 9.17) is 4.74 Å². The van der Waals surface area contributed by atoms with Crippen molar-refractivity contribution in [1.82, 2.24) is 10.4 Å². The molecule has 1 aromatic heterocycles. The molecule has 4 rings (SSSR count). The molecule has 4 aromatic rings. The van der Waals surface area contributed by atoms with Gasteiger partial charge >= 0.3 is 0 Å². The number of thiazole rings is 1. The summed E-state index contributed by atoms with van der Waals surface area (Å²) in [6.07, 6.45) is 1.52. The summed E-state index contributed by atoms with van der Waals surface area (Å²) in [5.41, 5.74) is 4.97. The van der Waals surface area contributed by atoms with Gasteiger partial charge in [0.1, 0.15) is 12.4 Å². The van der Waals surface area contributed by atoms with Crippen LogP contribution in [0.15, 0.2) is 82.2 Å². The van der Waals surface area contributed by atoms with E-state index in [1.54, 1.807) is 29.5 Å². The van der Waals surface area contributed by atoms with Gasteiger partial charge in [-0.15, -0.1) is 11.3 Å². The molecule has 0 aliphatic carbocycles. The smallest absolute Gasteiger partial charge is 0.269 e. The Morgan fingerprint density at radius 1 is 1.12 bits per heavy atom. The molecular formula is C23H18N4O4S2. The molecule has 0 aliphatic rings. The van der Waals surface area contributed by atoms with Crippen LogP contribution in [-0.2, 0) is 11.4 Å². The maximum atomic E-state index is 12.1. The number of amides is 1. The molecular weight excluding hydrogens is 460 g/mol. The molecule has 8 nitrogen and oxygen atoms in total. The van der Waals surface area contributed by atoms with Gasteiger partial charge in [0.2, 0.25) is 0 Å². The average molecular weight is 479 g/mol. The Balaban J connectivity index is 1.29. The summed E-state index contributed by atoms with van der Waals surface area (Å²) in [6.45, 7) is 0.244. The highest BCUT2D eigenvalue weighted by molar-refractivity contribution is 8.01. The quantitative estimate of drug-likeness (QED) is 0.157. The molecule has 0 unspecified atom stereocenters. The van der Waals surface area contributed by atoms with Crippen molar-refractivity contribution in [1.29, 1.82) is 0 Å². The number of nitrogens with zero attached hydrogens (tertiary/aromatic N) is 3. The highest BCUT2D eigenvalue weighted by Gasteiger charge is 2.08. The number of hydrazone groups is 1. The number of fused-ring (bicyclic) bond motifs is 1. The predicted octanol–water partition coefficient (Wildman–Crippen LogP) is 5.03. The highest BCUT2D eigenvalue weighted by atomic mass is 32.2. The van der Waals surface area contributed by atoms with Crippen LogP contribution in [0.2, 0.25) is 0 Å². The number of aromatic nitrogens is 1. The van der Waals surface area contributed by atoms with E-state index in [2.05, 4.69) is 15.5 Å². The number of carbonyl (C=O) groups is 1. The summed E-state index contributed by atoms with van der Waals surface area (Å²) in [4.78, 5) is 27.0. The van der Waals surface area contributed by atoms with Crippen LogP contribution in [-0.4, -0.2) is 27.8 Å². The van der Waals surface area contributed by atoms with Crippen molar-refractivity contribution in [2.45, 2.75) is 10.9 Å². The molecule has 33 heavy (non-hydrogen) atoms. The standard InChI is InChI=1S/C23H18N4O4S2/c28-22(15-32-23-25-19-6-2-4-8-21(19)33-23)26-24-13-17-5-1-3-7-20(17)31-14-16-9-11-18(12-10-16)27(29)30/h1-13H,14-15H2,(H,26,28). The molecule has 0 bridgehead atoms. The number of benzene rings is 3. The summed E-state index contributed by atoms with van der Waals surface area (Å²) >= 11 is 2.92. The number of hydrogen-bond acceptors (Lipinski definition) is 8. The monoisotopic (exact) mass is 478 g/mol. The molecule has 0 atom stereocenters. The first-order valence-corrected chi connectivity index (χ1v) is 11.6. The van der Waals surface area contributed by atoms with Crippen LogP contribution in [0, 0.1) is 10.1 Å². The number of nitro benzene ring substituents is 1. The Bertz CT molecular complexity index is 1270. The summed E-state index contributed by atoms with van der Waals surface area (Å²) in [5, 5.41) is 14.8. The van der Waals surface area contributed by atoms with Gasteiger partial charge in [-0.25, -0.2) is 10.4 Å². The molecule has 0 aliphatic heterocycles. The van der Waals surface area contributed by atoms with E-state index in [0.29, 0.717) is 11.3 Å². The average Bonchev–Trinajstić information content (AvgIpc) is 3.25. The Labute approximate surface area is 197 Å². The molecule has 0 spiro atoms. The minimum absolute atomic E-state index is 0.0309. The predicted molar refractivity (Wildman–Crippen MR) is 130 cm³/mol. The van der Waals surface area contributed by atoms with Crippen molar-refractivity contribution >= 4 is 51.1 Å². The lowest BCUT2D eigenvalue weighted by molar-refractivity contribution is -0.384. The van der Waals surface area contributed by atoms with Gasteiger partial charge in [0.15, 0.2) is 4.34 Å². The van der Waals surface area contributed by atoms with Crippen LogP contribution in [0.1, 0.15) is 11.1 Å². The number of rotatable bonds is 9. The van der Waals surface area contributed by atoms with Crippen LogP contribution in [0.25, 0.3) is 10.2 Å². The molecule has 3 aromatic carbocycles. The second-order valence-electron chi connectivity index (χ2n) is 6.78.